The van der Waals surface area contributed by atoms with Crippen LogP contribution < -0.4 is 0 Å². The maximum absolute atomic E-state index is 13.8. The highest BCUT2D eigenvalue weighted by Crippen LogP contribution is 2.27. The fraction of sp³-hybridized carbons (Fsp3) is 0. The van der Waals surface area contributed by atoms with E-state index in [-0.39, 0.29) is 16.5 Å². The Hall–Kier alpha value is -2.34. The topological polar surface area (TPSA) is 63.1 Å². The van der Waals surface area contributed by atoms with Crippen LogP contribution in [0.2, 0.25) is 0 Å². The van der Waals surface area contributed by atoms with E-state index in [0.29, 0.717) is 10.7 Å². The molecule has 0 saturated heterocycles. The van der Waals surface area contributed by atoms with Gasteiger partial charge in [0.1, 0.15) is 22.0 Å². The van der Waals surface area contributed by atoms with Gasteiger partial charge in [-0.25, -0.2) is 19.2 Å². The molecule has 0 atom stereocenters. The van der Waals surface area contributed by atoms with Gasteiger partial charge in [0.2, 0.25) is 0 Å². The first-order chi connectivity index (χ1) is 9.16. The standard InChI is InChI=1S/C13H7FN2O2S/c14-9-3-1-2-7-8(13(17)18)6-10(16-11(7)9)12-15-4-5-19-12/h1-6H,(H,17,18). The second-order valence-electron chi connectivity index (χ2n) is 3.83. The number of hydrogen-bond acceptors (Lipinski definition) is 4. The van der Waals surface area contributed by atoms with E-state index < -0.39 is 11.8 Å². The molecule has 19 heavy (non-hydrogen) atoms. The van der Waals surface area contributed by atoms with Gasteiger partial charge in [0.15, 0.2) is 0 Å². The third-order valence-electron chi connectivity index (χ3n) is 2.67. The number of aromatic carboxylic acids is 1. The molecule has 3 aromatic rings. The minimum absolute atomic E-state index is 0.0229. The summed E-state index contributed by atoms with van der Waals surface area (Å²) in [5.41, 5.74) is 0.437. The average molecular weight is 274 g/mol. The molecule has 1 N–H and O–H groups in total. The molecule has 0 unspecified atom stereocenters. The predicted octanol–water partition coefficient (Wildman–Crippen LogP) is 3.20. The average Bonchev–Trinajstić information content (AvgIpc) is 2.92. The van der Waals surface area contributed by atoms with E-state index in [4.69, 9.17) is 0 Å². The molecule has 2 heterocycles. The van der Waals surface area contributed by atoms with Gasteiger partial charge in [-0.05, 0) is 12.1 Å². The number of benzene rings is 1. The fourth-order valence-electron chi connectivity index (χ4n) is 1.85. The Morgan fingerprint density at radius 3 is 2.89 bits per heavy atom. The van der Waals surface area contributed by atoms with Crippen LogP contribution >= 0.6 is 11.3 Å². The summed E-state index contributed by atoms with van der Waals surface area (Å²) in [5, 5.41) is 11.8. The predicted molar refractivity (Wildman–Crippen MR) is 69.8 cm³/mol. The first-order valence-electron chi connectivity index (χ1n) is 5.39. The van der Waals surface area contributed by atoms with Crippen molar-refractivity contribution in [3.8, 4) is 10.7 Å². The number of fused-ring (bicyclic) bond motifs is 1. The van der Waals surface area contributed by atoms with Gasteiger partial charge in [0.25, 0.3) is 0 Å². The molecule has 0 aliphatic rings. The van der Waals surface area contributed by atoms with Crippen LogP contribution in [0.3, 0.4) is 0 Å². The van der Waals surface area contributed by atoms with Gasteiger partial charge in [-0.1, -0.05) is 12.1 Å². The number of aromatic nitrogens is 2. The number of rotatable bonds is 2. The Morgan fingerprint density at radius 1 is 1.37 bits per heavy atom. The summed E-state index contributed by atoms with van der Waals surface area (Å²) in [6.07, 6.45) is 1.59. The first kappa shape index (κ1) is 11.7. The van der Waals surface area contributed by atoms with Crippen molar-refractivity contribution in [2.24, 2.45) is 0 Å². The molecule has 0 fully saturated rings. The van der Waals surface area contributed by atoms with Gasteiger partial charge in [-0.2, -0.15) is 0 Å². The van der Waals surface area contributed by atoms with Crippen molar-refractivity contribution in [3.63, 3.8) is 0 Å². The van der Waals surface area contributed by atoms with Gasteiger partial charge in [0, 0.05) is 17.0 Å². The second-order valence-corrected chi connectivity index (χ2v) is 4.73. The van der Waals surface area contributed by atoms with Crippen molar-refractivity contribution in [3.05, 3.63) is 47.2 Å². The number of thiazole rings is 1. The molecular formula is C13H7FN2O2S. The van der Waals surface area contributed by atoms with Crippen LogP contribution in [-0.2, 0) is 0 Å². The molecule has 0 aliphatic heterocycles. The van der Waals surface area contributed by atoms with Crippen LogP contribution in [0, 0.1) is 5.82 Å². The van der Waals surface area contributed by atoms with E-state index in [1.54, 1.807) is 17.6 Å². The maximum atomic E-state index is 13.8. The van der Waals surface area contributed by atoms with Gasteiger partial charge in [-0.15, -0.1) is 11.3 Å². The molecule has 0 amide bonds. The molecule has 0 aliphatic carbocycles. The minimum Gasteiger partial charge on any atom is -0.478 e. The molecular weight excluding hydrogens is 267 g/mol. The highest BCUT2D eigenvalue weighted by Gasteiger charge is 2.15. The van der Waals surface area contributed by atoms with E-state index in [1.807, 2.05) is 0 Å². The summed E-state index contributed by atoms with van der Waals surface area (Å²) in [4.78, 5) is 19.5. The summed E-state index contributed by atoms with van der Waals surface area (Å²) < 4.78 is 13.8. The van der Waals surface area contributed by atoms with Crippen LogP contribution in [0.15, 0.2) is 35.8 Å². The SMILES string of the molecule is O=C(O)c1cc(-c2nccs2)nc2c(F)cccc12. The Balaban J connectivity index is 2.38. The van der Waals surface area contributed by atoms with Crippen molar-refractivity contribution >= 4 is 28.2 Å². The van der Waals surface area contributed by atoms with Crippen molar-refractivity contribution in [1.82, 2.24) is 9.97 Å². The van der Waals surface area contributed by atoms with Gasteiger partial charge < -0.3 is 5.11 Å². The maximum Gasteiger partial charge on any atom is 0.336 e. The van der Waals surface area contributed by atoms with Gasteiger partial charge in [0.05, 0.1) is 5.56 Å². The highest BCUT2D eigenvalue weighted by atomic mass is 32.1. The van der Waals surface area contributed by atoms with Crippen LogP contribution in [0.5, 0.6) is 0 Å². The third-order valence-corrected chi connectivity index (χ3v) is 3.47. The highest BCUT2D eigenvalue weighted by molar-refractivity contribution is 7.13. The zero-order valence-electron chi connectivity index (χ0n) is 9.50. The van der Waals surface area contributed by atoms with E-state index in [9.17, 15) is 14.3 Å². The second kappa shape index (κ2) is 4.40. The van der Waals surface area contributed by atoms with Gasteiger partial charge in [-0.3, -0.25) is 0 Å². The lowest BCUT2D eigenvalue weighted by Gasteiger charge is -2.05. The Labute approximate surface area is 111 Å². The largest absolute Gasteiger partial charge is 0.478 e. The Bertz CT molecular complexity index is 772. The normalized spacial score (nSPS) is 10.8. The summed E-state index contributed by atoms with van der Waals surface area (Å²) >= 11 is 1.32. The summed E-state index contributed by atoms with van der Waals surface area (Å²) in [6, 6.07) is 5.69. The molecule has 94 valence electrons. The zero-order chi connectivity index (χ0) is 13.4. The molecule has 1 aromatic carbocycles. The number of carboxylic acids is 1. The van der Waals surface area contributed by atoms with Crippen molar-refractivity contribution in [2.75, 3.05) is 0 Å². The first-order valence-corrected chi connectivity index (χ1v) is 6.27. The molecule has 2 aromatic heterocycles. The van der Waals surface area contributed by atoms with Gasteiger partial charge >= 0.3 is 5.97 Å². The summed E-state index contributed by atoms with van der Waals surface area (Å²) in [5.74, 6) is -1.66. The number of nitrogens with zero attached hydrogens (tertiary/aromatic N) is 2. The molecule has 3 rings (SSSR count). The van der Waals surface area contributed by atoms with E-state index >= 15 is 0 Å². The monoisotopic (exact) mass is 274 g/mol. The third kappa shape index (κ3) is 1.96. The molecule has 0 saturated carbocycles. The number of hydrogen-bond donors (Lipinski definition) is 1. The lowest BCUT2D eigenvalue weighted by molar-refractivity contribution is 0.0699. The smallest absolute Gasteiger partial charge is 0.336 e. The lowest BCUT2D eigenvalue weighted by atomic mass is 10.1. The number of halogens is 1. The van der Waals surface area contributed by atoms with Crippen molar-refractivity contribution in [1.29, 1.82) is 0 Å². The van der Waals surface area contributed by atoms with E-state index in [1.165, 1.54) is 29.5 Å². The quantitative estimate of drug-likeness (QED) is 0.779. The number of carbonyl (C=O) groups is 1. The fourth-order valence-corrected chi connectivity index (χ4v) is 2.45. The van der Waals surface area contributed by atoms with E-state index in [2.05, 4.69) is 9.97 Å². The Morgan fingerprint density at radius 2 is 2.21 bits per heavy atom. The number of carboxylic acid groups (broad SMARTS) is 1. The summed E-state index contributed by atoms with van der Waals surface area (Å²) in [7, 11) is 0. The number of para-hydroxylation sites is 1. The van der Waals surface area contributed by atoms with Crippen LogP contribution in [0.1, 0.15) is 10.4 Å². The van der Waals surface area contributed by atoms with Crippen molar-refractivity contribution in [2.45, 2.75) is 0 Å². The zero-order valence-corrected chi connectivity index (χ0v) is 10.3. The van der Waals surface area contributed by atoms with Crippen LogP contribution in [-0.4, -0.2) is 21.0 Å². The molecule has 0 radical (unpaired) electrons. The minimum atomic E-state index is -1.11. The number of pyridine rings is 1. The lowest BCUT2D eigenvalue weighted by Crippen LogP contribution is -2.01. The van der Waals surface area contributed by atoms with Crippen LogP contribution in [0.25, 0.3) is 21.6 Å². The molecule has 6 heteroatoms. The summed E-state index contributed by atoms with van der Waals surface area (Å²) in [6.45, 7) is 0. The molecule has 0 bridgehead atoms. The molecule has 4 nitrogen and oxygen atoms in total. The van der Waals surface area contributed by atoms with Crippen LogP contribution in [0.4, 0.5) is 4.39 Å². The van der Waals surface area contributed by atoms with Crippen molar-refractivity contribution < 1.29 is 14.3 Å². The molecule has 0 spiro atoms. The van der Waals surface area contributed by atoms with E-state index in [0.717, 1.165) is 0 Å². The Kier molecular flexibility index (Phi) is 2.72.